The van der Waals surface area contributed by atoms with Crippen LogP contribution in [0.25, 0.3) is 0 Å². The molecule has 0 unspecified atom stereocenters. The average molecular weight is 208 g/mol. The van der Waals surface area contributed by atoms with Gasteiger partial charge in [0.25, 0.3) is 0 Å². The van der Waals surface area contributed by atoms with Gasteiger partial charge in [-0.1, -0.05) is 36.5 Å². The molecule has 0 heterocycles. The van der Waals surface area contributed by atoms with Crippen molar-refractivity contribution in [2.75, 3.05) is 7.11 Å². The highest BCUT2D eigenvalue weighted by atomic mass is 16.5. The molecule has 0 atom stereocenters. The highest BCUT2D eigenvalue weighted by molar-refractivity contribution is 5.68. The van der Waals surface area contributed by atoms with Gasteiger partial charge in [-0.15, -0.1) is 0 Å². The Labute approximate surface area is 92.3 Å². The van der Waals surface area contributed by atoms with Gasteiger partial charge in [0.1, 0.15) is 0 Å². The van der Waals surface area contributed by atoms with E-state index in [1.54, 1.807) is 0 Å². The lowest BCUT2D eigenvalue weighted by molar-refractivity contribution is -0.140. The summed E-state index contributed by atoms with van der Waals surface area (Å²) in [7, 11) is 1.42. The van der Waals surface area contributed by atoms with Crippen LogP contribution in [0.3, 0.4) is 0 Å². The summed E-state index contributed by atoms with van der Waals surface area (Å²) in [6.45, 7) is 1.99. The standard InChI is InChI=1S/C13H20O2/c1-3-4-5-6-7-8-9-10-11-12-13(14)15-2/h3-8H,9-12H2,1-2H3/b4-3+,6-5+,8-7-. The summed E-state index contributed by atoms with van der Waals surface area (Å²) in [4.78, 5) is 10.8. The van der Waals surface area contributed by atoms with Crippen molar-refractivity contribution in [3.8, 4) is 0 Å². The van der Waals surface area contributed by atoms with Crippen molar-refractivity contribution in [2.24, 2.45) is 0 Å². The zero-order chi connectivity index (χ0) is 11.4. The molecule has 0 aliphatic rings. The molecule has 0 aliphatic carbocycles. The van der Waals surface area contributed by atoms with Gasteiger partial charge in [-0.05, 0) is 26.2 Å². The molecule has 15 heavy (non-hydrogen) atoms. The van der Waals surface area contributed by atoms with E-state index in [2.05, 4.69) is 10.8 Å². The molecule has 0 radical (unpaired) electrons. The second-order valence-electron chi connectivity index (χ2n) is 3.16. The minimum atomic E-state index is -0.119. The van der Waals surface area contributed by atoms with Crippen molar-refractivity contribution < 1.29 is 9.53 Å². The Kier molecular flexibility index (Phi) is 9.83. The van der Waals surface area contributed by atoms with Gasteiger partial charge in [0.15, 0.2) is 0 Å². The van der Waals surface area contributed by atoms with Gasteiger partial charge >= 0.3 is 5.97 Å². The first-order chi connectivity index (χ1) is 7.31. The van der Waals surface area contributed by atoms with E-state index in [0.717, 1.165) is 19.3 Å². The number of methoxy groups -OCH3 is 1. The number of hydrogen-bond donors (Lipinski definition) is 0. The number of allylic oxidation sites excluding steroid dienone is 6. The van der Waals surface area contributed by atoms with Crippen molar-refractivity contribution in [3.63, 3.8) is 0 Å². The molecule has 84 valence electrons. The van der Waals surface area contributed by atoms with Crippen LogP contribution in [-0.4, -0.2) is 13.1 Å². The number of ether oxygens (including phenoxy) is 1. The molecule has 0 fully saturated rings. The molecule has 0 N–H and O–H groups in total. The number of carbonyl (C=O) groups excluding carboxylic acids is 1. The van der Waals surface area contributed by atoms with Crippen LogP contribution < -0.4 is 0 Å². The van der Waals surface area contributed by atoms with Crippen LogP contribution in [0.5, 0.6) is 0 Å². The minimum absolute atomic E-state index is 0.119. The predicted octanol–water partition coefficient (Wildman–Crippen LogP) is 3.41. The lowest BCUT2D eigenvalue weighted by atomic mass is 10.2. The summed E-state index contributed by atoms with van der Waals surface area (Å²) < 4.78 is 4.55. The van der Waals surface area contributed by atoms with Crippen LogP contribution in [0.4, 0.5) is 0 Å². The number of hydrogen-bond acceptors (Lipinski definition) is 2. The van der Waals surface area contributed by atoms with Crippen molar-refractivity contribution in [3.05, 3.63) is 36.5 Å². The molecule has 0 saturated heterocycles. The maximum Gasteiger partial charge on any atom is 0.305 e. The molecule has 0 spiro atoms. The third kappa shape index (κ3) is 10.6. The molecule has 2 heteroatoms. The Balaban J connectivity index is 3.34. The van der Waals surface area contributed by atoms with E-state index in [1.807, 2.05) is 37.3 Å². The molecule has 0 saturated carbocycles. The second kappa shape index (κ2) is 10.8. The number of unbranched alkanes of at least 4 members (excludes halogenated alkanes) is 2. The highest BCUT2D eigenvalue weighted by Gasteiger charge is 1.97. The summed E-state index contributed by atoms with van der Waals surface area (Å²) >= 11 is 0. The van der Waals surface area contributed by atoms with E-state index in [0.29, 0.717) is 6.42 Å². The maximum absolute atomic E-state index is 10.8. The third-order valence-corrected chi connectivity index (χ3v) is 1.89. The Morgan fingerprint density at radius 2 is 1.87 bits per heavy atom. The van der Waals surface area contributed by atoms with Gasteiger partial charge in [0, 0.05) is 6.42 Å². The van der Waals surface area contributed by atoms with Crippen LogP contribution in [-0.2, 0) is 9.53 Å². The monoisotopic (exact) mass is 208 g/mol. The van der Waals surface area contributed by atoms with E-state index >= 15 is 0 Å². The average Bonchev–Trinajstić information content (AvgIpc) is 2.26. The quantitative estimate of drug-likeness (QED) is 0.364. The zero-order valence-corrected chi connectivity index (χ0v) is 9.61. The fraction of sp³-hybridized carbons (Fsp3) is 0.462. The molecule has 0 bridgehead atoms. The molecule has 0 rings (SSSR count). The third-order valence-electron chi connectivity index (χ3n) is 1.89. The molecular formula is C13H20O2. The highest BCUT2D eigenvalue weighted by Crippen LogP contribution is 2.01. The normalized spacial score (nSPS) is 11.9. The van der Waals surface area contributed by atoms with Gasteiger partial charge in [-0.3, -0.25) is 4.79 Å². The van der Waals surface area contributed by atoms with Crippen LogP contribution >= 0.6 is 0 Å². The van der Waals surface area contributed by atoms with Gasteiger partial charge < -0.3 is 4.74 Å². The molecule has 2 nitrogen and oxygen atoms in total. The van der Waals surface area contributed by atoms with Gasteiger partial charge in [-0.2, -0.15) is 0 Å². The lowest BCUT2D eigenvalue weighted by Crippen LogP contribution is -1.98. The zero-order valence-electron chi connectivity index (χ0n) is 9.61. The van der Waals surface area contributed by atoms with Crippen molar-refractivity contribution >= 4 is 5.97 Å². The fourth-order valence-corrected chi connectivity index (χ4v) is 1.05. The van der Waals surface area contributed by atoms with Gasteiger partial charge in [-0.25, -0.2) is 0 Å². The lowest BCUT2D eigenvalue weighted by Gasteiger charge is -1.96. The van der Waals surface area contributed by atoms with Crippen molar-refractivity contribution in [2.45, 2.75) is 32.6 Å². The Hall–Kier alpha value is -1.31. The van der Waals surface area contributed by atoms with E-state index in [-0.39, 0.29) is 5.97 Å². The molecular weight excluding hydrogens is 188 g/mol. The van der Waals surface area contributed by atoms with Crippen LogP contribution in [0, 0.1) is 0 Å². The van der Waals surface area contributed by atoms with Crippen molar-refractivity contribution in [1.29, 1.82) is 0 Å². The Morgan fingerprint density at radius 3 is 2.53 bits per heavy atom. The summed E-state index contributed by atoms with van der Waals surface area (Å²) in [6.07, 6.45) is 15.6. The SMILES string of the molecule is C/C=C/C=C/C=C\CCCCC(=O)OC. The largest absolute Gasteiger partial charge is 0.469 e. The fourth-order valence-electron chi connectivity index (χ4n) is 1.05. The predicted molar refractivity (Wildman–Crippen MR) is 63.6 cm³/mol. The minimum Gasteiger partial charge on any atom is -0.469 e. The maximum atomic E-state index is 10.8. The van der Waals surface area contributed by atoms with Crippen molar-refractivity contribution in [1.82, 2.24) is 0 Å². The molecule has 0 amide bonds. The van der Waals surface area contributed by atoms with Crippen LogP contribution in [0.15, 0.2) is 36.5 Å². The van der Waals surface area contributed by atoms with E-state index in [9.17, 15) is 4.79 Å². The molecule has 0 aromatic heterocycles. The van der Waals surface area contributed by atoms with Crippen LogP contribution in [0.1, 0.15) is 32.6 Å². The molecule has 0 aromatic carbocycles. The smallest absolute Gasteiger partial charge is 0.305 e. The number of rotatable bonds is 7. The van der Waals surface area contributed by atoms with Crippen LogP contribution in [0.2, 0.25) is 0 Å². The van der Waals surface area contributed by atoms with Gasteiger partial charge in [0.2, 0.25) is 0 Å². The first kappa shape index (κ1) is 13.7. The topological polar surface area (TPSA) is 26.3 Å². The summed E-state index contributed by atoms with van der Waals surface area (Å²) in [5, 5.41) is 0. The van der Waals surface area contributed by atoms with E-state index in [4.69, 9.17) is 0 Å². The number of esters is 1. The summed E-state index contributed by atoms with van der Waals surface area (Å²) in [5.74, 6) is -0.119. The van der Waals surface area contributed by atoms with Gasteiger partial charge in [0.05, 0.1) is 7.11 Å². The Bertz CT molecular complexity index is 237. The summed E-state index contributed by atoms with van der Waals surface area (Å²) in [6, 6.07) is 0. The summed E-state index contributed by atoms with van der Waals surface area (Å²) in [5.41, 5.74) is 0. The number of carbonyl (C=O) groups is 1. The second-order valence-corrected chi connectivity index (χ2v) is 3.16. The van der Waals surface area contributed by atoms with E-state index in [1.165, 1.54) is 7.11 Å². The Morgan fingerprint density at radius 1 is 1.13 bits per heavy atom. The van der Waals surface area contributed by atoms with E-state index < -0.39 is 0 Å². The molecule has 0 aliphatic heterocycles. The molecule has 0 aromatic rings. The first-order valence-electron chi connectivity index (χ1n) is 5.32. The first-order valence-corrected chi connectivity index (χ1v) is 5.32.